The van der Waals surface area contributed by atoms with Gasteiger partial charge in [0.25, 0.3) is 17.7 Å². The Kier molecular flexibility index (Phi) is 8.72. The van der Waals surface area contributed by atoms with Gasteiger partial charge in [-0.05, 0) is 67.1 Å². The van der Waals surface area contributed by atoms with Crippen LogP contribution >= 0.6 is 11.8 Å². The minimum atomic E-state index is -0.497. The number of methoxy groups -OCH3 is 3. The zero-order chi connectivity index (χ0) is 30.5. The number of imide groups is 1. The summed E-state index contributed by atoms with van der Waals surface area (Å²) in [6.45, 7) is 1.89. The van der Waals surface area contributed by atoms with Gasteiger partial charge in [0.05, 0.1) is 45.4 Å². The fourth-order valence-corrected chi connectivity index (χ4v) is 5.46. The molecule has 0 unspecified atom stereocenters. The predicted octanol–water partition coefficient (Wildman–Crippen LogP) is 5.85. The third kappa shape index (κ3) is 6.36. The van der Waals surface area contributed by atoms with Crippen molar-refractivity contribution in [3.05, 3.63) is 107 Å². The van der Waals surface area contributed by atoms with Crippen LogP contribution in [-0.4, -0.2) is 44.0 Å². The molecule has 0 spiro atoms. The highest BCUT2D eigenvalue weighted by Crippen LogP contribution is 2.39. The van der Waals surface area contributed by atoms with E-state index in [0.29, 0.717) is 44.8 Å². The first-order valence-corrected chi connectivity index (χ1v) is 14.0. The van der Waals surface area contributed by atoms with Gasteiger partial charge in [0.15, 0.2) is 0 Å². The Morgan fingerprint density at radius 2 is 1.70 bits per heavy atom. The van der Waals surface area contributed by atoms with E-state index in [0.717, 1.165) is 22.2 Å². The van der Waals surface area contributed by atoms with E-state index in [2.05, 4.69) is 10.6 Å². The van der Waals surface area contributed by atoms with Crippen molar-refractivity contribution in [2.75, 3.05) is 32.0 Å². The lowest BCUT2D eigenvalue weighted by Gasteiger charge is -2.15. The number of benzene rings is 3. The molecule has 4 aromatic rings. The van der Waals surface area contributed by atoms with Crippen molar-refractivity contribution in [3.63, 3.8) is 0 Å². The highest BCUT2D eigenvalue weighted by Gasteiger charge is 2.40. The number of aryl methyl sites for hydroxylation is 1. The van der Waals surface area contributed by atoms with Crippen LogP contribution in [-0.2, 0) is 16.1 Å². The summed E-state index contributed by atoms with van der Waals surface area (Å²) in [4.78, 5) is 42.3. The van der Waals surface area contributed by atoms with Crippen molar-refractivity contribution in [2.45, 2.75) is 18.4 Å². The summed E-state index contributed by atoms with van der Waals surface area (Å²) in [5, 5.41) is 6.02. The molecule has 1 aromatic heterocycles. The van der Waals surface area contributed by atoms with Gasteiger partial charge in [-0.2, -0.15) is 0 Å². The number of hydrogen-bond donors (Lipinski definition) is 2. The van der Waals surface area contributed by atoms with Gasteiger partial charge in [-0.15, -0.1) is 0 Å². The van der Waals surface area contributed by atoms with E-state index < -0.39 is 11.8 Å². The van der Waals surface area contributed by atoms with Gasteiger partial charge in [-0.25, -0.2) is 0 Å². The summed E-state index contributed by atoms with van der Waals surface area (Å²) < 4.78 is 21.5. The minimum Gasteiger partial charge on any atom is -0.497 e. The Bertz CT molecular complexity index is 1720. The van der Waals surface area contributed by atoms with E-state index >= 15 is 0 Å². The molecule has 5 rings (SSSR count). The Morgan fingerprint density at radius 1 is 0.884 bits per heavy atom. The van der Waals surface area contributed by atoms with Crippen LogP contribution in [0, 0.1) is 6.92 Å². The predicted molar refractivity (Wildman–Crippen MR) is 162 cm³/mol. The number of thioether (sulfide) groups is 1. The summed E-state index contributed by atoms with van der Waals surface area (Å²) in [6.07, 6.45) is 1.49. The molecular weight excluding hydrogens is 570 g/mol. The first-order valence-electron chi connectivity index (χ1n) is 13.2. The van der Waals surface area contributed by atoms with Crippen LogP contribution in [0.4, 0.5) is 11.4 Å². The number of amides is 3. The normalized spacial score (nSPS) is 12.9. The lowest BCUT2D eigenvalue weighted by molar-refractivity contribution is -0.138. The average molecular weight is 600 g/mol. The molecular formula is C32H29N3O7S. The van der Waals surface area contributed by atoms with Gasteiger partial charge in [-0.1, -0.05) is 23.9 Å². The molecule has 0 atom stereocenters. The molecule has 11 heteroatoms. The number of ether oxygens (including phenoxy) is 3. The summed E-state index contributed by atoms with van der Waals surface area (Å²) in [6, 6.07) is 20.8. The molecule has 0 saturated carbocycles. The zero-order valence-corrected chi connectivity index (χ0v) is 24.7. The molecule has 3 amide bonds. The van der Waals surface area contributed by atoms with Crippen molar-refractivity contribution in [1.29, 1.82) is 0 Å². The molecule has 220 valence electrons. The fraction of sp³-hybridized carbons (Fsp3) is 0.156. The van der Waals surface area contributed by atoms with E-state index in [1.54, 1.807) is 60.7 Å². The standard InChI is InChI=1S/C32H29N3O7S/c1-19-10-13-26(40-3)25(15-19)34-28-29(32(38)35(31(28)37)18-22-8-6-14-42-22)43-23-9-5-7-20(16-23)33-30(36)24-12-11-21(39-2)17-27(24)41-4/h5-17,34H,18H2,1-4H3,(H,33,36). The number of furan rings is 1. The van der Waals surface area contributed by atoms with Gasteiger partial charge >= 0.3 is 0 Å². The number of rotatable bonds is 11. The van der Waals surface area contributed by atoms with Gasteiger partial charge in [-0.3, -0.25) is 19.3 Å². The Labute approximate surface area is 252 Å². The number of nitrogens with zero attached hydrogens (tertiary/aromatic N) is 1. The first-order chi connectivity index (χ1) is 20.8. The fourth-order valence-electron chi connectivity index (χ4n) is 4.45. The smallest absolute Gasteiger partial charge is 0.278 e. The summed E-state index contributed by atoms with van der Waals surface area (Å²) in [5.74, 6) is 0.559. The number of nitrogens with one attached hydrogen (secondary N) is 2. The first kappa shape index (κ1) is 29.3. The van der Waals surface area contributed by atoms with Crippen LogP contribution in [0.3, 0.4) is 0 Å². The summed E-state index contributed by atoms with van der Waals surface area (Å²) in [7, 11) is 4.54. The molecule has 2 N–H and O–H groups in total. The topological polar surface area (TPSA) is 119 Å². The number of carbonyl (C=O) groups excluding carboxylic acids is 3. The maximum absolute atomic E-state index is 13.7. The van der Waals surface area contributed by atoms with Gasteiger partial charge < -0.3 is 29.3 Å². The van der Waals surface area contributed by atoms with Crippen molar-refractivity contribution < 1.29 is 33.0 Å². The van der Waals surface area contributed by atoms with Crippen LogP contribution in [0.15, 0.2) is 99.0 Å². The minimum absolute atomic E-state index is 0.0232. The van der Waals surface area contributed by atoms with Crippen LogP contribution in [0.25, 0.3) is 0 Å². The Morgan fingerprint density at radius 3 is 2.42 bits per heavy atom. The van der Waals surface area contributed by atoms with Gasteiger partial charge in [0.2, 0.25) is 0 Å². The van der Waals surface area contributed by atoms with E-state index in [4.69, 9.17) is 18.6 Å². The molecule has 0 bridgehead atoms. The highest BCUT2D eigenvalue weighted by molar-refractivity contribution is 8.04. The third-order valence-electron chi connectivity index (χ3n) is 6.60. The highest BCUT2D eigenvalue weighted by atomic mass is 32.2. The third-order valence-corrected chi connectivity index (χ3v) is 7.67. The summed E-state index contributed by atoms with van der Waals surface area (Å²) in [5.41, 5.74) is 2.42. The maximum Gasteiger partial charge on any atom is 0.278 e. The quantitative estimate of drug-likeness (QED) is 0.205. The maximum atomic E-state index is 13.7. The van der Waals surface area contributed by atoms with Crippen LogP contribution in [0.5, 0.6) is 17.2 Å². The van der Waals surface area contributed by atoms with Crippen molar-refractivity contribution in [3.8, 4) is 17.2 Å². The Hall–Kier alpha value is -5.16. The van der Waals surface area contributed by atoms with Crippen molar-refractivity contribution >= 4 is 40.9 Å². The molecule has 10 nitrogen and oxygen atoms in total. The molecule has 43 heavy (non-hydrogen) atoms. The van der Waals surface area contributed by atoms with Crippen LogP contribution in [0.1, 0.15) is 21.7 Å². The molecule has 3 aromatic carbocycles. The van der Waals surface area contributed by atoms with Crippen LogP contribution < -0.4 is 24.8 Å². The van der Waals surface area contributed by atoms with E-state index in [1.165, 1.54) is 27.6 Å². The second-order valence-electron chi connectivity index (χ2n) is 9.46. The lowest BCUT2D eigenvalue weighted by atomic mass is 10.1. The van der Waals surface area contributed by atoms with Gasteiger partial charge in [0, 0.05) is 16.6 Å². The second kappa shape index (κ2) is 12.8. The van der Waals surface area contributed by atoms with E-state index in [1.807, 2.05) is 19.1 Å². The molecule has 0 aliphatic carbocycles. The van der Waals surface area contributed by atoms with Gasteiger partial charge in [0.1, 0.15) is 33.6 Å². The number of anilines is 2. The SMILES string of the molecule is COc1ccc(C(=O)Nc2cccc(SC3=C(Nc4cc(C)ccc4OC)C(=O)N(Cc4ccco4)C3=O)c2)c(OC)c1. The van der Waals surface area contributed by atoms with Crippen molar-refractivity contribution in [2.24, 2.45) is 0 Å². The molecule has 0 fully saturated rings. The number of carbonyl (C=O) groups is 3. The molecule has 0 radical (unpaired) electrons. The van der Waals surface area contributed by atoms with Crippen molar-refractivity contribution in [1.82, 2.24) is 4.90 Å². The van der Waals surface area contributed by atoms with E-state index in [-0.39, 0.29) is 23.1 Å². The molecule has 0 saturated heterocycles. The van der Waals surface area contributed by atoms with E-state index in [9.17, 15) is 14.4 Å². The largest absolute Gasteiger partial charge is 0.497 e. The molecule has 1 aliphatic heterocycles. The lowest BCUT2D eigenvalue weighted by Crippen LogP contribution is -2.31. The Balaban J connectivity index is 1.44. The molecule has 1 aliphatic rings. The molecule has 2 heterocycles. The second-order valence-corrected chi connectivity index (χ2v) is 10.5. The van der Waals surface area contributed by atoms with Crippen LogP contribution in [0.2, 0.25) is 0 Å². The monoisotopic (exact) mass is 599 g/mol. The zero-order valence-electron chi connectivity index (χ0n) is 23.9. The summed E-state index contributed by atoms with van der Waals surface area (Å²) >= 11 is 1.12. The average Bonchev–Trinajstić information content (AvgIpc) is 3.60. The number of hydrogen-bond acceptors (Lipinski definition) is 9.